The van der Waals surface area contributed by atoms with Crippen LogP contribution in [0.5, 0.6) is 0 Å². The van der Waals surface area contributed by atoms with Crippen LogP contribution in [0.15, 0.2) is 54.6 Å². The minimum absolute atomic E-state index is 0.192. The van der Waals surface area contributed by atoms with Crippen molar-refractivity contribution in [3.63, 3.8) is 0 Å². The standard InChI is InChI=1S/C25H29N5O/c1-17-7-9-19(10-8-17)13-30-23-6-4-3-5-22(23)26-25(30)16-29-14-20(24(31)15-29)12-21-11-18(2)27-28-21/h3-11,20,24,31H,12-16H2,1-2H3,(H,27,28)/t20-,24+/m1/s1. The van der Waals surface area contributed by atoms with Gasteiger partial charge in [-0.2, -0.15) is 5.10 Å². The average Bonchev–Trinajstić information content (AvgIpc) is 3.42. The molecule has 0 radical (unpaired) electrons. The molecule has 6 heteroatoms. The second kappa shape index (κ2) is 8.29. The van der Waals surface area contributed by atoms with E-state index in [2.05, 4.69) is 75.1 Å². The Morgan fingerprint density at radius 1 is 1.03 bits per heavy atom. The van der Waals surface area contributed by atoms with Crippen LogP contribution in [0.3, 0.4) is 0 Å². The van der Waals surface area contributed by atoms with Gasteiger partial charge >= 0.3 is 0 Å². The summed E-state index contributed by atoms with van der Waals surface area (Å²) in [5.74, 6) is 1.24. The Hall–Kier alpha value is -2.96. The number of aryl methyl sites for hydroxylation is 2. The Morgan fingerprint density at radius 3 is 2.61 bits per heavy atom. The summed E-state index contributed by atoms with van der Waals surface area (Å²) in [6.07, 6.45) is 0.453. The zero-order valence-corrected chi connectivity index (χ0v) is 18.1. The Morgan fingerprint density at radius 2 is 1.84 bits per heavy atom. The van der Waals surface area contributed by atoms with Crippen LogP contribution in [0.2, 0.25) is 0 Å². The highest BCUT2D eigenvalue weighted by molar-refractivity contribution is 5.76. The van der Waals surface area contributed by atoms with Gasteiger partial charge in [0.15, 0.2) is 0 Å². The predicted octanol–water partition coefficient (Wildman–Crippen LogP) is 3.46. The molecule has 3 heterocycles. The number of likely N-dealkylation sites (tertiary alicyclic amines) is 1. The van der Waals surface area contributed by atoms with Crippen molar-refractivity contribution in [2.45, 2.75) is 39.5 Å². The van der Waals surface area contributed by atoms with Gasteiger partial charge in [0.05, 0.1) is 29.4 Å². The summed E-state index contributed by atoms with van der Waals surface area (Å²) >= 11 is 0. The SMILES string of the molecule is Cc1ccc(Cn2c(CN3C[C@@H](Cc4cc(C)[nH]n4)[C@@H](O)C3)nc3ccccc32)cc1. The Kier molecular flexibility index (Phi) is 5.34. The van der Waals surface area contributed by atoms with Gasteiger partial charge in [-0.25, -0.2) is 4.98 Å². The first kappa shape index (κ1) is 20.0. The number of β-amino-alcohol motifs (C(OH)–C–C–N with tert-alkyl or cyclic N) is 1. The normalized spacial score (nSPS) is 19.5. The second-order valence-corrected chi connectivity index (χ2v) is 8.86. The number of aliphatic hydroxyl groups is 1. The lowest BCUT2D eigenvalue weighted by Gasteiger charge is -2.17. The van der Waals surface area contributed by atoms with E-state index in [1.807, 2.05) is 13.0 Å². The number of nitrogens with zero attached hydrogens (tertiary/aromatic N) is 4. The van der Waals surface area contributed by atoms with Gasteiger partial charge in [0, 0.05) is 31.2 Å². The minimum Gasteiger partial charge on any atom is -0.391 e. The lowest BCUT2D eigenvalue weighted by molar-refractivity contribution is 0.140. The van der Waals surface area contributed by atoms with E-state index >= 15 is 0 Å². The first-order valence-electron chi connectivity index (χ1n) is 11.0. The molecule has 0 bridgehead atoms. The molecule has 1 fully saturated rings. The summed E-state index contributed by atoms with van der Waals surface area (Å²) < 4.78 is 2.32. The highest BCUT2D eigenvalue weighted by Gasteiger charge is 2.32. The van der Waals surface area contributed by atoms with Crippen molar-refractivity contribution in [1.82, 2.24) is 24.6 Å². The van der Waals surface area contributed by atoms with Crippen LogP contribution in [0.4, 0.5) is 0 Å². The monoisotopic (exact) mass is 415 g/mol. The lowest BCUT2D eigenvalue weighted by atomic mass is 10.0. The predicted molar refractivity (Wildman–Crippen MR) is 122 cm³/mol. The van der Waals surface area contributed by atoms with E-state index in [-0.39, 0.29) is 12.0 Å². The molecule has 2 aromatic carbocycles. The fourth-order valence-electron chi connectivity index (χ4n) is 4.62. The molecule has 0 amide bonds. The molecule has 2 atom stereocenters. The van der Waals surface area contributed by atoms with Gasteiger partial charge in [-0.3, -0.25) is 10.00 Å². The highest BCUT2D eigenvalue weighted by Crippen LogP contribution is 2.25. The molecule has 4 aromatic rings. The molecule has 1 aliphatic rings. The molecule has 5 rings (SSSR count). The number of hydrogen-bond acceptors (Lipinski definition) is 4. The van der Waals surface area contributed by atoms with Crippen molar-refractivity contribution < 1.29 is 5.11 Å². The number of aromatic nitrogens is 4. The fraction of sp³-hybridized carbons (Fsp3) is 0.360. The third-order valence-corrected chi connectivity index (χ3v) is 6.27. The first-order chi connectivity index (χ1) is 15.0. The largest absolute Gasteiger partial charge is 0.391 e. The second-order valence-electron chi connectivity index (χ2n) is 8.86. The van der Waals surface area contributed by atoms with E-state index in [0.29, 0.717) is 6.54 Å². The van der Waals surface area contributed by atoms with Gasteiger partial charge in [-0.15, -0.1) is 0 Å². The zero-order chi connectivity index (χ0) is 21.4. The topological polar surface area (TPSA) is 70.0 Å². The van der Waals surface area contributed by atoms with E-state index in [4.69, 9.17) is 4.98 Å². The number of benzene rings is 2. The van der Waals surface area contributed by atoms with Gasteiger partial charge < -0.3 is 9.67 Å². The van der Waals surface area contributed by atoms with Crippen LogP contribution in [-0.2, 0) is 19.5 Å². The highest BCUT2D eigenvalue weighted by atomic mass is 16.3. The number of imidazole rings is 1. The summed E-state index contributed by atoms with van der Waals surface area (Å²) in [4.78, 5) is 7.27. The van der Waals surface area contributed by atoms with Gasteiger partial charge in [0.1, 0.15) is 5.82 Å². The summed E-state index contributed by atoms with van der Waals surface area (Å²) in [5.41, 5.74) is 6.79. The molecule has 1 aliphatic heterocycles. The van der Waals surface area contributed by atoms with E-state index in [1.165, 1.54) is 11.1 Å². The van der Waals surface area contributed by atoms with Crippen LogP contribution in [0, 0.1) is 19.8 Å². The van der Waals surface area contributed by atoms with Gasteiger partial charge in [0.2, 0.25) is 0 Å². The summed E-state index contributed by atoms with van der Waals surface area (Å²) in [5, 5.41) is 18.0. The number of rotatable bonds is 6. The van der Waals surface area contributed by atoms with Crippen LogP contribution < -0.4 is 0 Å². The number of H-pyrrole nitrogens is 1. The van der Waals surface area contributed by atoms with Crippen molar-refractivity contribution in [3.8, 4) is 0 Å². The van der Waals surface area contributed by atoms with Crippen molar-refractivity contribution in [2.75, 3.05) is 13.1 Å². The van der Waals surface area contributed by atoms with Gasteiger partial charge in [-0.05, 0) is 44.0 Å². The summed E-state index contributed by atoms with van der Waals surface area (Å²) in [6, 6.07) is 19.1. The Labute approximate surface area is 182 Å². The molecule has 0 saturated carbocycles. The number of nitrogens with one attached hydrogen (secondary N) is 1. The van der Waals surface area contributed by atoms with Crippen LogP contribution in [0.25, 0.3) is 11.0 Å². The third-order valence-electron chi connectivity index (χ3n) is 6.27. The molecular weight excluding hydrogens is 386 g/mol. The molecule has 2 aromatic heterocycles. The van der Waals surface area contributed by atoms with Crippen molar-refractivity contribution in [3.05, 3.63) is 82.9 Å². The smallest absolute Gasteiger partial charge is 0.124 e. The van der Waals surface area contributed by atoms with Crippen molar-refractivity contribution in [1.29, 1.82) is 0 Å². The minimum atomic E-state index is -0.341. The molecule has 31 heavy (non-hydrogen) atoms. The fourth-order valence-corrected chi connectivity index (χ4v) is 4.62. The first-order valence-corrected chi connectivity index (χ1v) is 11.0. The van der Waals surface area contributed by atoms with Crippen molar-refractivity contribution in [2.24, 2.45) is 5.92 Å². The van der Waals surface area contributed by atoms with Crippen molar-refractivity contribution >= 4 is 11.0 Å². The van der Waals surface area contributed by atoms with E-state index in [9.17, 15) is 5.11 Å². The maximum atomic E-state index is 10.7. The molecule has 160 valence electrons. The molecule has 1 saturated heterocycles. The number of aliphatic hydroxyl groups excluding tert-OH is 1. The molecule has 6 nitrogen and oxygen atoms in total. The quantitative estimate of drug-likeness (QED) is 0.506. The maximum absolute atomic E-state index is 10.7. The Bertz CT molecular complexity index is 1180. The van der Waals surface area contributed by atoms with Crippen LogP contribution in [-0.4, -0.2) is 48.9 Å². The maximum Gasteiger partial charge on any atom is 0.124 e. The van der Waals surface area contributed by atoms with E-state index in [0.717, 1.165) is 54.3 Å². The number of hydrogen-bond donors (Lipinski definition) is 2. The van der Waals surface area contributed by atoms with Gasteiger partial charge in [0.25, 0.3) is 0 Å². The lowest BCUT2D eigenvalue weighted by Crippen LogP contribution is -2.23. The van der Waals surface area contributed by atoms with Crippen LogP contribution >= 0.6 is 0 Å². The third kappa shape index (κ3) is 4.27. The molecule has 0 unspecified atom stereocenters. The Balaban J connectivity index is 1.37. The van der Waals surface area contributed by atoms with E-state index < -0.39 is 0 Å². The average molecular weight is 416 g/mol. The molecule has 0 spiro atoms. The molecular formula is C25H29N5O. The number of aromatic amines is 1. The number of fused-ring (bicyclic) bond motifs is 1. The number of para-hydroxylation sites is 2. The zero-order valence-electron chi connectivity index (χ0n) is 18.1. The van der Waals surface area contributed by atoms with Gasteiger partial charge in [-0.1, -0.05) is 42.0 Å². The molecule has 0 aliphatic carbocycles. The van der Waals surface area contributed by atoms with Crippen LogP contribution in [0.1, 0.15) is 28.3 Å². The summed E-state index contributed by atoms with van der Waals surface area (Å²) in [7, 11) is 0. The molecule has 2 N–H and O–H groups in total. The summed E-state index contributed by atoms with van der Waals surface area (Å²) in [6.45, 7) is 7.16. The van der Waals surface area contributed by atoms with E-state index in [1.54, 1.807) is 0 Å².